The molecule has 0 aliphatic carbocycles. The largest absolute Gasteiger partial charge is 0.449 e. The number of hydrogen-bond acceptors (Lipinski definition) is 5. The lowest BCUT2D eigenvalue weighted by molar-refractivity contribution is -0.141. The van der Waals surface area contributed by atoms with Crippen LogP contribution < -0.4 is 0 Å². The Kier molecular flexibility index (Phi) is 7.63. The third-order valence-electron chi connectivity index (χ3n) is 4.56. The highest BCUT2D eigenvalue weighted by Crippen LogP contribution is 2.19. The zero-order chi connectivity index (χ0) is 21.3. The molecule has 0 fully saturated rings. The number of amides is 1. The lowest BCUT2D eigenvalue weighted by atomic mass is 10.1. The number of rotatable bonds is 8. The molecule has 6 heteroatoms. The van der Waals surface area contributed by atoms with Gasteiger partial charge >= 0.3 is 5.97 Å². The van der Waals surface area contributed by atoms with Crippen molar-refractivity contribution < 1.29 is 14.3 Å². The molecule has 3 aromatic rings. The summed E-state index contributed by atoms with van der Waals surface area (Å²) < 4.78 is 5.51. The molecule has 30 heavy (non-hydrogen) atoms. The first-order valence-electron chi connectivity index (χ1n) is 9.65. The van der Waals surface area contributed by atoms with Crippen molar-refractivity contribution in [2.24, 2.45) is 0 Å². The molecule has 2 aromatic carbocycles. The van der Waals surface area contributed by atoms with Crippen molar-refractivity contribution in [1.82, 2.24) is 9.88 Å². The van der Waals surface area contributed by atoms with Gasteiger partial charge in [-0.25, -0.2) is 9.78 Å². The fourth-order valence-electron chi connectivity index (χ4n) is 3.06. The van der Waals surface area contributed by atoms with Gasteiger partial charge in [-0.3, -0.25) is 4.79 Å². The Morgan fingerprint density at radius 1 is 0.933 bits per heavy atom. The molecule has 3 rings (SSSR count). The smallest absolute Gasteiger partial charge is 0.341 e. The quantitative estimate of drug-likeness (QED) is 0.394. The molecule has 0 N–H and O–H groups in total. The van der Waals surface area contributed by atoms with E-state index in [4.69, 9.17) is 4.74 Å². The summed E-state index contributed by atoms with van der Waals surface area (Å²) in [5.41, 5.74) is 2.39. The molecule has 0 aliphatic rings. The predicted octanol–water partition coefficient (Wildman–Crippen LogP) is 4.58. The standard InChI is InChI=1S/C24H24N2O3S/c1-18(29-24(28)21-14-9-15-25-22(21)30-2)23(27)26(16-19-10-5-3-6-11-19)17-20-12-7-4-8-13-20/h3-15,18H,16-17H2,1-2H3/t18-/m0/s1. The van der Waals surface area contributed by atoms with E-state index in [0.717, 1.165) is 11.1 Å². The maximum atomic E-state index is 13.2. The van der Waals surface area contributed by atoms with Crippen LogP contribution in [0, 0.1) is 0 Å². The molecule has 0 radical (unpaired) electrons. The van der Waals surface area contributed by atoms with Gasteiger partial charge in [0, 0.05) is 19.3 Å². The molecule has 0 unspecified atom stereocenters. The van der Waals surface area contributed by atoms with Gasteiger partial charge in [0.1, 0.15) is 5.03 Å². The SMILES string of the molecule is CSc1ncccc1C(=O)O[C@@H](C)C(=O)N(Cc1ccccc1)Cc1ccccc1. The number of carbonyl (C=O) groups is 2. The first-order valence-corrected chi connectivity index (χ1v) is 10.9. The molecule has 1 heterocycles. The topological polar surface area (TPSA) is 59.5 Å². The van der Waals surface area contributed by atoms with Crippen LogP contribution in [0.15, 0.2) is 84.0 Å². The van der Waals surface area contributed by atoms with Gasteiger partial charge in [-0.2, -0.15) is 0 Å². The number of benzene rings is 2. The Morgan fingerprint density at radius 2 is 1.50 bits per heavy atom. The zero-order valence-corrected chi connectivity index (χ0v) is 17.8. The average molecular weight is 421 g/mol. The molecule has 1 atom stereocenters. The fourth-order valence-corrected chi connectivity index (χ4v) is 3.60. The van der Waals surface area contributed by atoms with Crippen LogP contribution in [0.5, 0.6) is 0 Å². The van der Waals surface area contributed by atoms with Gasteiger partial charge in [-0.1, -0.05) is 60.7 Å². The minimum Gasteiger partial charge on any atom is -0.449 e. The summed E-state index contributed by atoms with van der Waals surface area (Å²) in [6, 6.07) is 22.9. The van der Waals surface area contributed by atoms with Gasteiger partial charge < -0.3 is 9.64 Å². The summed E-state index contributed by atoms with van der Waals surface area (Å²) >= 11 is 1.36. The lowest BCUT2D eigenvalue weighted by Gasteiger charge is -2.26. The molecule has 0 saturated heterocycles. The first kappa shape index (κ1) is 21.6. The van der Waals surface area contributed by atoms with Crippen molar-refractivity contribution in [3.05, 3.63) is 95.7 Å². The number of aromatic nitrogens is 1. The Bertz CT molecular complexity index is 939. The zero-order valence-electron chi connectivity index (χ0n) is 17.0. The van der Waals surface area contributed by atoms with Crippen molar-refractivity contribution in [3.63, 3.8) is 0 Å². The second kappa shape index (κ2) is 10.6. The first-order chi connectivity index (χ1) is 14.6. The van der Waals surface area contributed by atoms with Gasteiger partial charge in [0.25, 0.3) is 5.91 Å². The molecule has 1 amide bonds. The van der Waals surface area contributed by atoms with E-state index in [2.05, 4.69) is 4.98 Å². The van der Waals surface area contributed by atoms with E-state index in [0.29, 0.717) is 23.7 Å². The Hall–Kier alpha value is -3.12. The highest BCUT2D eigenvalue weighted by Gasteiger charge is 2.26. The number of hydrogen-bond donors (Lipinski definition) is 0. The van der Waals surface area contributed by atoms with Gasteiger partial charge in [-0.05, 0) is 36.4 Å². The summed E-state index contributed by atoms with van der Waals surface area (Å²) in [5.74, 6) is -0.793. The van der Waals surface area contributed by atoms with E-state index >= 15 is 0 Å². The minimum atomic E-state index is -0.917. The maximum Gasteiger partial charge on any atom is 0.341 e. The molecule has 154 valence electrons. The van der Waals surface area contributed by atoms with Crippen molar-refractivity contribution in [3.8, 4) is 0 Å². The van der Waals surface area contributed by atoms with Crippen LogP contribution in [-0.4, -0.2) is 34.1 Å². The normalized spacial score (nSPS) is 11.5. The van der Waals surface area contributed by atoms with Crippen molar-refractivity contribution in [1.29, 1.82) is 0 Å². The Labute approximate surface area is 181 Å². The minimum absolute atomic E-state index is 0.245. The summed E-state index contributed by atoms with van der Waals surface area (Å²) in [6.45, 7) is 2.47. The van der Waals surface area contributed by atoms with Crippen LogP contribution in [-0.2, 0) is 22.6 Å². The van der Waals surface area contributed by atoms with E-state index in [1.807, 2.05) is 66.9 Å². The fraction of sp³-hybridized carbons (Fsp3) is 0.208. The van der Waals surface area contributed by atoms with Crippen LogP contribution in [0.1, 0.15) is 28.4 Å². The van der Waals surface area contributed by atoms with Crippen molar-refractivity contribution in [2.75, 3.05) is 6.26 Å². The van der Waals surface area contributed by atoms with Crippen LogP contribution >= 0.6 is 11.8 Å². The molecule has 5 nitrogen and oxygen atoms in total. The molecule has 0 aliphatic heterocycles. The van der Waals surface area contributed by atoms with E-state index < -0.39 is 12.1 Å². The van der Waals surface area contributed by atoms with E-state index in [1.54, 1.807) is 30.2 Å². The highest BCUT2D eigenvalue weighted by atomic mass is 32.2. The maximum absolute atomic E-state index is 13.2. The van der Waals surface area contributed by atoms with E-state index in [1.165, 1.54) is 11.8 Å². The number of nitrogens with zero attached hydrogens (tertiary/aromatic N) is 2. The summed E-state index contributed by atoms with van der Waals surface area (Å²) in [7, 11) is 0. The Balaban J connectivity index is 1.76. The monoisotopic (exact) mass is 420 g/mol. The van der Waals surface area contributed by atoms with Crippen LogP contribution in [0.4, 0.5) is 0 Å². The van der Waals surface area contributed by atoms with Gasteiger partial charge in [0.2, 0.25) is 0 Å². The average Bonchev–Trinajstić information content (AvgIpc) is 2.79. The third-order valence-corrected chi connectivity index (χ3v) is 5.27. The molecule has 0 saturated carbocycles. The second-order valence-electron chi connectivity index (χ2n) is 6.77. The molecular weight excluding hydrogens is 396 g/mol. The summed E-state index contributed by atoms with van der Waals surface area (Å²) in [4.78, 5) is 31.7. The van der Waals surface area contributed by atoms with Crippen molar-refractivity contribution >= 4 is 23.6 Å². The van der Waals surface area contributed by atoms with Crippen molar-refractivity contribution in [2.45, 2.75) is 31.1 Å². The van der Waals surface area contributed by atoms with Crippen LogP contribution in [0.25, 0.3) is 0 Å². The van der Waals surface area contributed by atoms with Crippen LogP contribution in [0.2, 0.25) is 0 Å². The highest BCUT2D eigenvalue weighted by molar-refractivity contribution is 7.98. The lowest BCUT2D eigenvalue weighted by Crippen LogP contribution is -2.39. The van der Waals surface area contributed by atoms with Gasteiger partial charge in [0.05, 0.1) is 5.56 Å². The molecule has 0 bridgehead atoms. The van der Waals surface area contributed by atoms with E-state index in [9.17, 15) is 9.59 Å². The number of pyridine rings is 1. The number of ether oxygens (including phenoxy) is 1. The number of thioether (sulfide) groups is 1. The molecule has 0 spiro atoms. The third kappa shape index (κ3) is 5.70. The predicted molar refractivity (Wildman–Crippen MR) is 118 cm³/mol. The summed E-state index contributed by atoms with van der Waals surface area (Å²) in [6.07, 6.45) is 2.55. The number of esters is 1. The number of carbonyl (C=O) groups excluding carboxylic acids is 2. The Morgan fingerprint density at radius 3 is 2.03 bits per heavy atom. The van der Waals surface area contributed by atoms with Crippen LogP contribution in [0.3, 0.4) is 0 Å². The molecule has 1 aromatic heterocycles. The van der Waals surface area contributed by atoms with E-state index in [-0.39, 0.29) is 5.91 Å². The molecular formula is C24H24N2O3S. The summed E-state index contributed by atoms with van der Waals surface area (Å²) in [5, 5.41) is 0.576. The second-order valence-corrected chi connectivity index (χ2v) is 7.57. The van der Waals surface area contributed by atoms with Gasteiger partial charge in [0.15, 0.2) is 6.10 Å². The van der Waals surface area contributed by atoms with Gasteiger partial charge in [-0.15, -0.1) is 11.8 Å².